The number of carbonyl (C=O) groups is 2. The minimum absolute atomic E-state index is 0.0891. The quantitative estimate of drug-likeness (QED) is 0.0375. The molecule has 0 aliphatic carbocycles. The molecule has 0 spiro atoms. The Morgan fingerprint density at radius 3 is 0.938 bits per heavy atom. The van der Waals surface area contributed by atoms with Gasteiger partial charge < -0.3 is 14.6 Å². The zero-order valence-electron chi connectivity index (χ0n) is 40.7. The second-order valence-corrected chi connectivity index (χ2v) is 16.1. The van der Waals surface area contributed by atoms with Crippen molar-refractivity contribution in [3.05, 3.63) is 146 Å². The van der Waals surface area contributed by atoms with Crippen LogP contribution in [0, 0.1) is 0 Å². The Hall–Kier alpha value is -4.22. The van der Waals surface area contributed by atoms with Gasteiger partial charge in [-0.2, -0.15) is 0 Å². The fourth-order valence-corrected chi connectivity index (χ4v) is 6.38. The molecule has 0 rings (SSSR count). The van der Waals surface area contributed by atoms with E-state index in [0.29, 0.717) is 12.8 Å². The highest BCUT2D eigenvalue weighted by molar-refractivity contribution is 5.70. The highest BCUT2D eigenvalue weighted by Gasteiger charge is 2.16. The van der Waals surface area contributed by atoms with Crippen LogP contribution in [0.4, 0.5) is 0 Å². The molecule has 0 amide bonds. The number of esters is 2. The van der Waals surface area contributed by atoms with E-state index in [0.717, 1.165) is 141 Å². The molecule has 5 heteroatoms. The van der Waals surface area contributed by atoms with E-state index in [1.165, 1.54) is 25.7 Å². The second-order valence-electron chi connectivity index (χ2n) is 16.1. The van der Waals surface area contributed by atoms with Crippen molar-refractivity contribution in [2.24, 2.45) is 0 Å². The van der Waals surface area contributed by atoms with E-state index in [-0.39, 0.29) is 25.2 Å². The number of ether oxygens (including phenoxy) is 2. The monoisotopic (exact) mass is 881 g/mol. The van der Waals surface area contributed by atoms with Crippen LogP contribution in [0.2, 0.25) is 0 Å². The molecule has 0 fully saturated rings. The largest absolute Gasteiger partial charge is 0.462 e. The summed E-state index contributed by atoms with van der Waals surface area (Å²) >= 11 is 0. The number of hydrogen-bond acceptors (Lipinski definition) is 5. The van der Waals surface area contributed by atoms with Gasteiger partial charge in [0.05, 0.1) is 6.61 Å². The number of allylic oxidation sites excluding steroid dienone is 24. The maximum atomic E-state index is 12.3. The first-order valence-electron chi connectivity index (χ1n) is 25.4. The number of carbonyl (C=O) groups excluding carboxylic acids is 2. The first-order chi connectivity index (χ1) is 31.6. The number of aliphatic hydroxyl groups is 1. The third-order valence-electron chi connectivity index (χ3n) is 10.1. The van der Waals surface area contributed by atoms with Crippen molar-refractivity contribution in [3.63, 3.8) is 0 Å². The standard InChI is InChI=1S/C59H92O5/c1-3-5-7-9-11-13-15-17-19-21-22-23-24-25-26-27-28-29-30-31-32-33-34-35-36-38-40-42-44-46-48-50-52-54-59(62)64-57(55-60)56-63-58(61)53-51-49-47-45-43-41-39-37-20-18-16-14-12-10-8-6-4-2/h5-8,11-14,17-20,22-23,25-26,28-29,31-32,34-35,38,40,57,60H,3-4,9-10,15-16,21,24,27,30,33,36-37,39,41-56H2,1-2H3/b7-5-,8-6-,13-11-,14-12-,19-17-,20-18-,23-22-,26-25-,29-28-,32-31-,35-34-,40-38-. The van der Waals surface area contributed by atoms with E-state index in [4.69, 9.17) is 9.47 Å². The molecule has 5 nitrogen and oxygen atoms in total. The normalized spacial score (nSPS) is 13.5. The van der Waals surface area contributed by atoms with Gasteiger partial charge in [-0.1, -0.05) is 211 Å². The summed E-state index contributed by atoms with van der Waals surface area (Å²) in [6.07, 6.45) is 80.7. The Labute approximate surface area is 393 Å². The predicted octanol–water partition coefficient (Wildman–Crippen LogP) is 17.1. The molecule has 0 aliphatic heterocycles. The topological polar surface area (TPSA) is 72.8 Å². The predicted molar refractivity (Wildman–Crippen MR) is 278 cm³/mol. The van der Waals surface area contributed by atoms with Crippen molar-refractivity contribution in [2.75, 3.05) is 13.2 Å². The van der Waals surface area contributed by atoms with E-state index in [1.54, 1.807) is 0 Å². The molecule has 0 radical (unpaired) electrons. The van der Waals surface area contributed by atoms with Crippen molar-refractivity contribution in [3.8, 4) is 0 Å². The van der Waals surface area contributed by atoms with Gasteiger partial charge in [-0.15, -0.1) is 0 Å². The molecule has 0 aromatic rings. The molecule has 358 valence electrons. The molecule has 0 bridgehead atoms. The summed E-state index contributed by atoms with van der Waals surface area (Å²) in [5.41, 5.74) is 0. The summed E-state index contributed by atoms with van der Waals surface area (Å²) in [5.74, 6) is -0.637. The van der Waals surface area contributed by atoms with Crippen LogP contribution in [0.25, 0.3) is 0 Å². The van der Waals surface area contributed by atoms with E-state index in [9.17, 15) is 14.7 Å². The zero-order valence-corrected chi connectivity index (χ0v) is 40.7. The lowest BCUT2D eigenvalue weighted by Crippen LogP contribution is -2.28. The van der Waals surface area contributed by atoms with Gasteiger partial charge >= 0.3 is 11.9 Å². The second kappa shape index (κ2) is 53.1. The summed E-state index contributed by atoms with van der Waals surface area (Å²) in [5, 5.41) is 9.62. The molecular weight excluding hydrogens is 789 g/mol. The summed E-state index contributed by atoms with van der Waals surface area (Å²) in [6.45, 7) is 3.87. The van der Waals surface area contributed by atoms with Gasteiger partial charge in [0, 0.05) is 12.8 Å². The lowest BCUT2D eigenvalue weighted by molar-refractivity contribution is -0.161. The summed E-state index contributed by atoms with van der Waals surface area (Å²) < 4.78 is 10.6. The highest BCUT2D eigenvalue weighted by atomic mass is 16.6. The maximum Gasteiger partial charge on any atom is 0.306 e. The average molecular weight is 881 g/mol. The molecule has 1 atom stereocenters. The van der Waals surface area contributed by atoms with Gasteiger partial charge in [0.1, 0.15) is 6.61 Å². The van der Waals surface area contributed by atoms with Crippen LogP contribution in [0.5, 0.6) is 0 Å². The molecular formula is C59H92O5. The minimum Gasteiger partial charge on any atom is -0.462 e. The van der Waals surface area contributed by atoms with Gasteiger partial charge in [0.2, 0.25) is 0 Å². The van der Waals surface area contributed by atoms with Gasteiger partial charge in [0.15, 0.2) is 6.10 Å². The molecule has 1 unspecified atom stereocenters. The molecule has 0 heterocycles. The maximum absolute atomic E-state index is 12.3. The smallest absolute Gasteiger partial charge is 0.306 e. The van der Waals surface area contributed by atoms with Gasteiger partial charge in [-0.25, -0.2) is 0 Å². The third kappa shape index (κ3) is 50.4. The number of aliphatic hydroxyl groups excluding tert-OH is 1. The van der Waals surface area contributed by atoms with Crippen molar-refractivity contribution in [1.82, 2.24) is 0 Å². The molecule has 0 aromatic heterocycles. The van der Waals surface area contributed by atoms with Crippen LogP contribution in [0.1, 0.15) is 194 Å². The van der Waals surface area contributed by atoms with Crippen LogP contribution in [-0.2, 0) is 19.1 Å². The number of rotatable bonds is 44. The molecule has 0 aliphatic rings. The van der Waals surface area contributed by atoms with E-state index < -0.39 is 6.10 Å². The van der Waals surface area contributed by atoms with Crippen molar-refractivity contribution in [1.29, 1.82) is 0 Å². The first-order valence-corrected chi connectivity index (χ1v) is 25.4. The fraction of sp³-hybridized carbons (Fsp3) is 0.559. The van der Waals surface area contributed by atoms with Crippen LogP contribution >= 0.6 is 0 Å². The SMILES string of the molecule is CC/C=C\C/C=C\C/C=C\C/C=C\C/C=C\C/C=C\C/C=C\C/C=C\C/C=C\CCCCCCCC(=O)OC(CO)COC(=O)CCCCCCCCC/C=C\C/C=C\C/C=C\CC. The van der Waals surface area contributed by atoms with Gasteiger partial charge in [-0.3, -0.25) is 9.59 Å². The van der Waals surface area contributed by atoms with Crippen molar-refractivity contribution >= 4 is 11.9 Å². The third-order valence-corrected chi connectivity index (χ3v) is 10.1. The number of hydrogen-bond donors (Lipinski definition) is 1. The molecule has 1 N–H and O–H groups in total. The lowest BCUT2D eigenvalue weighted by atomic mass is 10.1. The average Bonchev–Trinajstić information content (AvgIpc) is 3.30. The van der Waals surface area contributed by atoms with Gasteiger partial charge in [0.25, 0.3) is 0 Å². The van der Waals surface area contributed by atoms with Crippen LogP contribution in [-0.4, -0.2) is 36.4 Å². The summed E-state index contributed by atoms with van der Waals surface area (Å²) in [7, 11) is 0. The molecule has 0 aromatic carbocycles. The Bertz CT molecular complexity index is 1410. The van der Waals surface area contributed by atoms with Crippen LogP contribution in [0.15, 0.2) is 146 Å². The number of unbranched alkanes of at least 4 members (excludes halogenated alkanes) is 12. The molecule has 0 saturated carbocycles. The highest BCUT2D eigenvalue weighted by Crippen LogP contribution is 2.12. The Kier molecular flexibility index (Phi) is 49.6. The fourth-order valence-electron chi connectivity index (χ4n) is 6.38. The Morgan fingerprint density at radius 1 is 0.359 bits per heavy atom. The summed E-state index contributed by atoms with van der Waals surface area (Å²) in [6, 6.07) is 0. The van der Waals surface area contributed by atoms with Crippen molar-refractivity contribution < 1.29 is 24.2 Å². The van der Waals surface area contributed by atoms with Gasteiger partial charge in [-0.05, 0) is 116 Å². The van der Waals surface area contributed by atoms with Crippen LogP contribution < -0.4 is 0 Å². The Morgan fingerprint density at radius 2 is 0.625 bits per heavy atom. The van der Waals surface area contributed by atoms with E-state index in [2.05, 4.69) is 160 Å². The molecule has 0 saturated heterocycles. The van der Waals surface area contributed by atoms with Crippen LogP contribution in [0.3, 0.4) is 0 Å². The van der Waals surface area contributed by atoms with E-state index in [1.807, 2.05) is 0 Å². The summed E-state index contributed by atoms with van der Waals surface area (Å²) in [4.78, 5) is 24.4. The Balaban J connectivity index is 3.67. The van der Waals surface area contributed by atoms with Crippen molar-refractivity contribution in [2.45, 2.75) is 200 Å². The minimum atomic E-state index is -0.798. The lowest BCUT2D eigenvalue weighted by Gasteiger charge is -2.15. The zero-order chi connectivity index (χ0) is 46.3. The first kappa shape index (κ1) is 59.8. The van der Waals surface area contributed by atoms with E-state index >= 15 is 0 Å². The molecule has 64 heavy (non-hydrogen) atoms.